The van der Waals surface area contributed by atoms with Gasteiger partial charge in [-0.1, -0.05) is 34.3 Å². The van der Waals surface area contributed by atoms with Crippen LogP contribution in [0.25, 0.3) is 0 Å². The van der Waals surface area contributed by atoms with Crippen molar-refractivity contribution in [2.45, 2.75) is 135 Å². The zero-order chi connectivity index (χ0) is 34.0. The molecule has 0 spiro atoms. The maximum atomic E-state index is 14.2. The molecule has 3 aliphatic rings. The zero-order valence-electron chi connectivity index (χ0n) is 29.3. The normalized spacial score (nSPS) is 46.2. The number of carbonyl (C=O) groups excluding carboxylic acids is 2. The number of rotatable bonds is 5. The largest absolute Gasteiger partial charge is 0.459 e. The molecule has 2 bridgehead atoms. The first-order valence-electron chi connectivity index (χ1n) is 16.5. The van der Waals surface area contributed by atoms with Gasteiger partial charge in [0.2, 0.25) is 0 Å². The molecule has 14 atom stereocenters. The van der Waals surface area contributed by atoms with Gasteiger partial charge in [0.05, 0.1) is 43.2 Å². The molecule has 2 unspecified atom stereocenters. The van der Waals surface area contributed by atoms with Gasteiger partial charge in [0.25, 0.3) is 0 Å². The Morgan fingerprint density at radius 1 is 1.09 bits per heavy atom. The third-order valence-corrected chi connectivity index (χ3v) is 10.3. The molecule has 3 saturated heterocycles. The van der Waals surface area contributed by atoms with Gasteiger partial charge in [-0.25, -0.2) is 0 Å². The van der Waals surface area contributed by atoms with E-state index in [4.69, 9.17) is 28.4 Å². The third kappa shape index (κ3) is 8.17. The van der Waals surface area contributed by atoms with Gasteiger partial charge < -0.3 is 43.5 Å². The Labute approximate surface area is 269 Å². The maximum Gasteiger partial charge on any atom is 0.316 e. The summed E-state index contributed by atoms with van der Waals surface area (Å²) in [4.78, 5) is 29.8. The minimum Gasteiger partial charge on any atom is -0.459 e. The summed E-state index contributed by atoms with van der Waals surface area (Å²) in [6.07, 6.45) is -3.97. The molecule has 0 radical (unpaired) electrons. The van der Waals surface area contributed by atoms with E-state index in [2.05, 4.69) is 11.5 Å². The minimum absolute atomic E-state index is 0.0160. The molecule has 11 heteroatoms. The molecule has 260 valence electrons. The number of fused-ring (bicyclic) bond motifs is 5. The second-order valence-corrected chi connectivity index (χ2v) is 14.4. The first-order chi connectivity index (χ1) is 20.9. The van der Waals surface area contributed by atoms with Gasteiger partial charge in [-0.3, -0.25) is 9.59 Å². The van der Waals surface area contributed by atoms with Crippen molar-refractivity contribution >= 4 is 11.8 Å². The summed E-state index contributed by atoms with van der Waals surface area (Å²) in [5.41, 5.74) is -2.23. The van der Waals surface area contributed by atoms with Crippen LogP contribution in [0.4, 0.5) is 0 Å². The maximum absolute atomic E-state index is 14.2. The van der Waals surface area contributed by atoms with Crippen molar-refractivity contribution in [1.29, 1.82) is 0 Å². The topological polar surface area (TPSA) is 133 Å². The molecule has 0 aromatic rings. The van der Waals surface area contributed by atoms with Gasteiger partial charge in [-0.05, 0) is 72.5 Å². The van der Waals surface area contributed by atoms with Crippen molar-refractivity contribution in [2.75, 3.05) is 34.4 Å². The Balaban J connectivity index is 2.21. The van der Waals surface area contributed by atoms with Crippen molar-refractivity contribution in [3.8, 4) is 0 Å². The number of hydrogen-bond donors (Lipinski definition) is 2. The van der Waals surface area contributed by atoms with E-state index in [1.54, 1.807) is 27.9 Å². The Bertz CT molecular complexity index is 1030. The highest BCUT2D eigenvalue weighted by atomic mass is 16.7. The predicted octanol–water partition coefficient (Wildman–Crippen LogP) is 3.13. The van der Waals surface area contributed by atoms with E-state index in [1.807, 2.05) is 41.8 Å². The number of ether oxygens (including phenoxy) is 6. The van der Waals surface area contributed by atoms with E-state index in [9.17, 15) is 19.8 Å². The van der Waals surface area contributed by atoms with Crippen LogP contribution in [-0.2, 0) is 38.0 Å². The summed E-state index contributed by atoms with van der Waals surface area (Å²) >= 11 is 0. The average Bonchev–Trinajstić information content (AvgIpc) is 2.99. The standard InChI is InChI=1S/C34H59NO10/c1-13-25-34(9,39)30-21(5)26(36)19(3)15-33(8,42-17-18(2)16-41-30)29(22(6)27(37)23(7)31(38)44-25)45-32-28(40-12)24(35(10)11)14-20(4)43-32/h19-26,28-30,32,36,39H,2,13-17H2,1,3-12H3/t19-,20-,21+,22+,23?,24+,25-,26+,28-,29-,30?,32+,33-,34-/m1/s1. The first-order valence-corrected chi connectivity index (χ1v) is 16.5. The number of ketones is 1. The number of aliphatic hydroxyl groups excluding tert-OH is 1. The van der Waals surface area contributed by atoms with Crippen LogP contribution in [0.3, 0.4) is 0 Å². The molecule has 0 aromatic carbocycles. The van der Waals surface area contributed by atoms with E-state index < -0.39 is 77.5 Å². The smallest absolute Gasteiger partial charge is 0.316 e. The number of methoxy groups -OCH3 is 1. The van der Waals surface area contributed by atoms with Gasteiger partial charge in [-0.2, -0.15) is 0 Å². The Kier molecular flexibility index (Phi) is 12.8. The highest BCUT2D eigenvalue weighted by molar-refractivity contribution is 6.00. The number of aliphatic hydroxyl groups is 2. The van der Waals surface area contributed by atoms with Crippen LogP contribution >= 0.6 is 0 Å². The van der Waals surface area contributed by atoms with Crippen LogP contribution in [0, 0.1) is 23.7 Å². The van der Waals surface area contributed by atoms with Crippen molar-refractivity contribution < 1.29 is 48.2 Å². The van der Waals surface area contributed by atoms with E-state index in [1.165, 1.54) is 6.92 Å². The van der Waals surface area contributed by atoms with E-state index in [0.29, 0.717) is 5.57 Å². The lowest BCUT2D eigenvalue weighted by Gasteiger charge is -2.48. The summed E-state index contributed by atoms with van der Waals surface area (Å²) in [6, 6.07) is -0.0160. The summed E-state index contributed by atoms with van der Waals surface area (Å²) in [7, 11) is 5.57. The number of cyclic esters (lactones) is 1. The molecule has 0 aliphatic carbocycles. The van der Waals surface area contributed by atoms with Crippen LogP contribution in [0.1, 0.15) is 74.7 Å². The van der Waals surface area contributed by atoms with Gasteiger partial charge >= 0.3 is 5.97 Å². The molecule has 3 aliphatic heterocycles. The monoisotopic (exact) mass is 641 g/mol. The fraction of sp³-hybridized carbons (Fsp3) is 0.882. The number of hydrogen-bond acceptors (Lipinski definition) is 11. The third-order valence-electron chi connectivity index (χ3n) is 10.3. The number of Topliss-reactive ketones (excluding diaryl/α,β-unsaturated/α-hetero) is 1. The molecule has 11 nitrogen and oxygen atoms in total. The minimum atomic E-state index is -1.68. The Hall–Kier alpha value is -1.44. The molecule has 45 heavy (non-hydrogen) atoms. The number of likely N-dealkylation sites (N-methyl/N-ethyl adjacent to an activating group) is 1. The Morgan fingerprint density at radius 3 is 2.31 bits per heavy atom. The van der Waals surface area contributed by atoms with Gasteiger partial charge in [0.1, 0.15) is 23.7 Å². The van der Waals surface area contributed by atoms with Crippen LogP contribution in [0.5, 0.6) is 0 Å². The van der Waals surface area contributed by atoms with Gasteiger partial charge in [-0.15, -0.1) is 0 Å². The fourth-order valence-electron chi connectivity index (χ4n) is 7.62. The van der Waals surface area contributed by atoms with Gasteiger partial charge in [0.15, 0.2) is 12.1 Å². The molecule has 0 aromatic heterocycles. The summed E-state index contributed by atoms with van der Waals surface area (Å²) in [5, 5.41) is 23.6. The van der Waals surface area contributed by atoms with Crippen LogP contribution in [0.15, 0.2) is 12.2 Å². The number of esters is 1. The molecule has 2 N–H and O–H groups in total. The average molecular weight is 642 g/mol. The summed E-state index contributed by atoms with van der Waals surface area (Å²) in [6.45, 7) is 18.5. The molecule has 3 rings (SSSR count). The second kappa shape index (κ2) is 15.2. The van der Waals surface area contributed by atoms with E-state index >= 15 is 0 Å². The van der Waals surface area contributed by atoms with Crippen molar-refractivity contribution in [3.05, 3.63) is 12.2 Å². The molecule has 3 heterocycles. The van der Waals surface area contributed by atoms with Crippen LogP contribution in [-0.4, -0.2) is 121 Å². The molecule has 3 fully saturated rings. The molecular formula is C34H59NO10. The van der Waals surface area contributed by atoms with Crippen molar-refractivity contribution in [2.24, 2.45) is 23.7 Å². The molecule has 0 amide bonds. The van der Waals surface area contributed by atoms with Crippen molar-refractivity contribution in [1.82, 2.24) is 4.90 Å². The van der Waals surface area contributed by atoms with Crippen molar-refractivity contribution in [3.63, 3.8) is 0 Å². The fourth-order valence-corrected chi connectivity index (χ4v) is 7.62. The summed E-state index contributed by atoms with van der Waals surface area (Å²) < 4.78 is 37.9. The SMILES string of the molecule is C=C1COC2[C@@H](C)[C@@H](O)[C@H](C)C[C@@](C)(OC1)[C@H](O[C@@H]1O[C@H](C)C[C@H](N(C)C)[C@H]1OC)[C@@H](C)C(=O)C(C)C(=O)O[C@H](CC)[C@@]2(C)O. The lowest BCUT2D eigenvalue weighted by atomic mass is 9.73. The molecular weight excluding hydrogens is 582 g/mol. The second-order valence-electron chi connectivity index (χ2n) is 14.4. The quantitative estimate of drug-likeness (QED) is 0.261. The predicted molar refractivity (Wildman–Crippen MR) is 168 cm³/mol. The first kappa shape index (κ1) is 38.0. The molecule has 0 saturated carbocycles. The highest BCUT2D eigenvalue weighted by Crippen LogP contribution is 2.41. The van der Waals surface area contributed by atoms with Crippen LogP contribution < -0.4 is 0 Å². The lowest BCUT2D eigenvalue weighted by Crippen LogP contribution is -2.60. The summed E-state index contributed by atoms with van der Waals surface area (Å²) in [5.74, 6) is -4.10. The number of nitrogens with zero attached hydrogens (tertiary/aromatic N) is 1. The van der Waals surface area contributed by atoms with Crippen LogP contribution in [0.2, 0.25) is 0 Å². The van der Waals surface area contributed by atoms with E-state index in [0.717, 1.165) is 6.42 Å². The van der Waals surface area contributed by atoms with E-state index in [-0.39, 0.29) is 44.1 Å². The zero-order valence-corrected chi connectivity index (χ0v) is 29.3. The van der Waals surface area contributed by atoms with Gasteiger partial charge in [0, 0.05) is 25.0 Å². The highest BCUT2D eigenvalue weighted by Gasteiger charge is 2.53. The number of carbonyl (C=O) groups is 2. The Morgan fingerprint density at radius 2 is 1.73 bits per heavy atom. The lowest BCUT2D eigenvalue weighted by molar-refractivity contribution is -0.301.